The van der Waals surface area contributed by atoms with Crippen LogP contribution >= 0.6 is 0 Å². The molecule has 5 heteroatoms. The van der Waals surface area contributed by atoms with Crippen molar-refractivity contribution in [3.8, 4) is 11.3 Å². The molecule has 0 spiro atoms. The molecule has 2 heterocycles. The molecule has 0 saturated heterocycles. The van der Waals surface area contributed by atoms with Crippen LogP contribution in [0.1, 0.15) is 13.8 Å². The van der Waals surface area contributed by atoms with Crippen LogP contribution < -0.4 is 5.73 Å². The van der Waals surface area contributed by atoms with Gasteiger partial charge in [0, 0.05) is 18.4 Å². The van der Waals surface area contributed by atoms with E-state index in [0.717, 1.165) is 17.8 Å². The van der Waals surface area contributed by atoms with Gasteiger partial charge in [-0.3, -0.25) is 0 Å². The van der Waals surface area contributed by atoms with Gasteiger partial charge in [0.05, 0.1) is 30.9 Å². The van der Waals surface area contributed by atoms with Crippen molar-refractivity contribution in [3.63, 3.8) is 0 Å². The lowest BCUT2D eigenvalue weighted by Gasteiger charge is -2.14. The number of hydrogen-bond acceptors (Lipinski definition) is 4. The van der Waals surface area contributed by atoms with Crippen LogP contribution in [0.4, 0.5) is 5.82 Å². The Hall–Kier alpha value is -1.88. The summed E-state index contributed by atoms with van der Waals surface area (Å²) in [4.78, 5) is 8.18. The fourth-order valence-corrected chi connectivity index (χ4v) is 1.93. The third-order valence-electron chi connectivity index (χ3n) is 2.69. The maximum atomic E-state index is 5.70. The first-order chi connectivity index (χ1) is 8.70. The Balaban J connectivity index is 2.22. The first kappa shape index (κ1) is 12.6. The summed E-state index contributed by atoms with van der Waals surface area (Å²) in [5.74, 6) is 0.512. The highest BCUT2D eigenvalue weighted by molar-refractivity contribution is 5.61. The number of nitrogens with two attached hydrogens (primary N) is 1. The van der Waals surface area contributed by atoms with E-state index in [9.17, 15) is 0 Å². The fraction of sp³-hybridized carbons (Fsp3) is 0.385. The molecule has 2 aromatic rings. The molecule has 2 rings (SSSR count). The maximum Gasteiger partial charge on any atom is 0.123 e. The van der Waals surface area contributed by atoms with Crippen molar-refractivity contribution in [2.24, 2.45) is 0 Å². The van der Waals surface area contributed by atoms with Crippen molar-refractivity contribution in [3.05, 3.63) is 30.9 Å². The van der Waals surface area contributed by atoms with Gasteiger partial charge in [0.15, 0.2) is 0 Å². The number of imidazole rings is 1. The molecule has 18 heavy (non-hydrogen) atoms. The predicted molar refractivity (Wildman–Crippen MR) is 71.0 cm³/mol. The first-order valence-corrected chi connectivity index (χ1v) is 6.04. The van der Waals surface area contributed by atoms with Gasteiger partial charge in [-0.05, 0) is 26.0 Å². The smallest absolute Gasteiger partial charge is 0.123 e. The predicted octanol–water partition coefficient (Wildman–Crippen LogP) is 1.95. The second-order valence-electron chi connectivity index (χ2n) is 4.17. The van der Waals surface area contributed by atoms with Gasteiger partial charge in [-0.15, -0.1) is 0 Å². The van der Waals surface area contributed by atoms with Crippen LogP contribution in [0.3, 0.4) is 0 Å². The van der Waals surface area contributed by atoms with Crippen molar-refractivity contribution >= 4 is 5.82 Å². The van der Waals surface area contributed by atoms with Crippen LogP contribution in [0.2, 0.25) is 0 Å². The molecule has 0 aliphatic carbocycles. The lowest BCUT2D eigenvalue weighted by Crippen LogP contribution is -2.16. The second kappa shape index (κ2) is 5.64. The minimum Gasteiger partial charge on any atom is -0.384 e. The lowest BCUT2D eigenvalue weighted by molar-refractivity contribution is 0.0643. The number of hydrogen-bond donors (Lipinski definition) is 1. The van der Waals surface area contributed by atoms with E-state index in [1.807, 2.05) is 38.5 Å². The molecular formula is C13H18N4O. The summed E-state index contributed by atoms with van der Waals surface area (Å²) >= 11 is 0. The Morgan fingerprint density at radius 3 is 3.06 bits per heavy atom. The highest BCUT2D eigenvalue weighted by Crippen LogP contribution is 2.20. The Bertz CT molecular complexity index is 509. The van der Waals surface area contributed by atoms with Crippen LogP contribution in [0.15, 0.2) is 30.9 Å². The van der Waals surface area contributed by atoms with Crippen LogP contribution in [0.25, 0.3) is 11.3 Å². The molecule has 0 amide bonds. The molecule has 5 nitrogen and oxygen atoms in total. The van der Waals surface area contributed by atoms with Gasteiger partial charge in [0.1, 0.15) is 5.82 Å². The maximum absolute atomic E-state index is 5.70. The van der Waals surface area contributed by atoms with Gasteiger partial charge in [-0.25, -0.2) is 9.97 Å². The largest absolute Gasteiger partial charge is 0.384 e. The standard InChI is InChI=1S/C13H18N4O/c1-3-18-10(2)8-17-9-15-7-12(17)11-4-5-16-13(14)6-11/h4-7,9-10H,3,8H2,1-2H3,(H2,14,16). The minimum atomic E-state index is 0.155. The molecule has 1 atom stereocenters. The SMILES string of the molecule is CCOC(C)Cn1cncc1-c1ccnc(N)c1. The minimum absolute atomic E-state index is 0.155. The van der Waals surface area contributed by atoms with Crippen LogP contribution in [-0.4, -0.2) is 27.2 Å². The fourth-order valence-electron chi connectivity index (χ4n) is 1.93. The molecule has 0 aliphatic rings. The van der Waals surface area contributed by atoms with Crippen LogP contribution in [0, 0.1) is 0 Å². The normalized spacial score (nSPS) is 12.6. The zero-order chi connectivity index (χ0) is 13.0. The Morgan fingerprint density at radius 2 is 2.33 bits per heavy atom. The Morgan fingerprint density at radius 1 is 1.50 bits per heavy atom. The Kier molecular flexibility index (Phi) is 3.94. The molecule has 0 aromatic carbocycles. The topological polar surface area (TPSA) is 66.0 Å². The van der Waals surface area contributed by atoms with Gasteiger partial charge in [-0.2, -0.15) is 0 Å². The van der Waals surface area contributed by atoms with Gasteiger partial charge in [-0.1, -0.05) is 0 Å². The van der Waals surface area contributed by atoms with Crippen molar-refractivity contribution < 1.29 is 4.74 Å². The number of ether oxygens (including phenoxy) is 1. The zero-order valence-corrected chi connectivity index (χ0v) is 10.7. The van der Waals surface area contributed by atoms with E-state index < -0.39 is 0 Å². The number of rotatable bonds is 5. The molecule has 1 unspecified atom stereocenters. The van der Waals surface area contributed by atoms with Gasteiger partial charge < -0.3 is 15.0 Å². The highest BCUT2D eigenvalue weighted by atomic mass is 16.5. The lowest BCUT2D eigenvalue weighted by atomic mass is 10.2. The molecule has 2 N–H and O–H groups in total. The number of nitrogen functional groups attached to an aromatic ring is 1. The molecular weight excluding hydrogens is 228 g/mol. The highest BCUT2D eigenvalue weighted by Gasteiger charge is 2.09. The summed E-state index contributed by atoms with van der Waals surface area (Å²) < 4.78 is 7.61. The number of nitrogens with zero attached hydrogens (tertiary/aromatic N) is 3. The summed E-state index contributed by atoms with van der Waals surface area (Å²) in [6.07, 6.45) is 5.49. The van der Waals surface area contributed by atoms with Crippen molar-refractivity contribution in [1.82, 2.24) is 14.5 Å². The van der Waals surface area contributed by atoms with Crippen LogP contribution in [-0.2, 0) is 11.3 Å². The zero-order valence-electron chi connectivity index (χ0n) is 10.7. The summed E-state index contributed by atoms with van der Waals surface area (Å²) in [5.41, 5.74) is 7.74. The van der Waals surface area contributed by atoms with E-state index in [0.29, 0.717) is 12.4 Å². The molecule has 0 saturated carbocycles. The van der Waals surface area contributed by atoms with E-state index in [2.05, 4.69) is 14.5 Å². The van der Waals surface area contributed by atoms with Gasteiger partial charge >= 0.3 is 0 Å². The second-order valence-corrected chi connectivity index (χ2v) is 4.17. The molecule has 0 radical (unpaired) electrons. The van der Waals surface area contributed by atoms with Gasteiger partial charge in [0.2, 0.25) is 0 Å². The van der Waals surface area contributed by atoms with E-state index in [4.69, 9.17) is 10.5 Å². The quantitative estimate of drug-likeness (QED) is 0.875. The van der Waals surface area contributed by atoms with Gasteiger partial charge in [0.25, 0.3) is 0 Å². The summed E-state index contributed by atoms with van der Waals surface area (Å²) in [5, 5.41) is 0. The average Bonchev–Trinajstić information content (AvgIpc) is 2.77. The third kappa shape index (κ3) is 2.87. The van der Waals surface area contributed by atoms with Crippen molar-refractivity contribution in [2.45, 2.75) is 26.5 Å². The summed E-state index contributed by atoms with van der Waals surface area (Å²) in [7, 11) is 0. The van der Waals surface area contributed by atoms with Crippen molar-refractivity contribution in [2.75, 3.05) is 12.3 Å². The number of aromatic nitrogens is 3. The summed E-state index contributed by atoms with van der Waals surface area (Å²) in [6.45, 7) is 5.53. The monoisotopic (exact) mass is 246 g/mol. The van der Waals surface area contributed by atoms with E-state index >= 15 is 0 Å². The van der Waals surface area contributed by atoms with Crippen LogP contribution in [0.5, 0.6) is 0 Å². The molecule has 2 aromatic heterocycles. The molecule has 0 bridgehead atoms. The number of anilines is 1. The van der Waals surface area contributed by atoms with E-state index in [1.54, 1.807) is 6.20 Å². The molecule has 0 aliphatic heterocycles. The van der Waals surface area contributed by atoms with E-state index in [-0.39, 0.29) is 6.10 Å². The average molecular weight is 246 g/mol. The molecule has 96 valence electrons. The number of pyridine rings is 1. The summed E-state index contributed by atoms with van der Waals surface area (Å²) in [6, 6.07) is 3.77. The third-order valence-corrected chi connectivity index (χ3v) is 2.69. The Labute approximate surface area is 107 Å². The molecule has 0 fully saturated rings. The van der Waals surface area contributed by atoms with E-state index in [1.165, 1.54) is 0 Å². The van der Waals surface area contributed by atoms with Crippen molar-refractivity contribution in [1.29, 1.82) is 0 Å². The first-order valence-electron chi connectivity index (χ1n) is 6.04.